The second kappa shape index (κ2) is 9.41. The molecule has 0 N–H and O–H groups in total. The van der Waals surface area contributed by atoms with Crippen molar-refractivity contribution in [2.45, 2.75) is 19.9 Å². The maximum atomic E-state index is 12.6. The van der Waals surface area contributed by atoms with Crippen molar-refractivity contribution in [1.82, 2.24) is 14.8 Å². The Morgan fingerprint density at radius 1 is 1.00 bits per heavy atom. The van der Waals surface area contributed by atoms with Gasteiger partial charge in [0.25, 0.3) is 0 Å². The number of carbonyl (C=O) groups is 1. The molecule has 1 aliphatic heterocycles. The molecule has 0 spiro atoms. The molecule has 5 heteroatoms. The maximum absolute atomic E-state index is 12.6. The van der Waals surface area contributed by atoms with Gasteiger partial charge in [-0.3, -0.25) is 14.7 Å². The average molecular weight is 420 g/mol. The minimum absolute atomic E-state index is 0.156. The number of carbonyl (C=O) groups excluding carboxylic acids is 1. The summed E-state index contributed by atoms with van der Waals surface area (Å²) in [6.45, 7) is 6.14. The number of pyridine rings is 1. The lowest BCUT2D eigenvalue weighted by molar-refractivity contribution is -0.132. The number of piperazine rings is 1. The van der Waals surface area contributed by atoms with E-state index in [1.54, 1.807) is 6.20 Å². The molecule has 30 heavy (non-hydrogen) atoms. The molecule has 3 aromatic rings. The summed E-state index contributed by atoms with van der Waals surface area (Å²) in [5, 5.41) is 0.794. The molecule has 4 nitrogen and oxygen atoms in total. The van der Waals surface area contributed by atoms with E-state index in [4.69, 9.17) is 11.6 Å². The summed E-state index contributed by atoms with van der Waals surface area (Å²) in [5.41, 5.74) is 5.56. The molecule has 0 unspecified atom stereocenters. The van der Waals surface area contributed by atoms with Gasteiger partial charge in [0.15, 0.2) is 0 Å². The summed E-state index contributed by atoms with van der Waals surface area (Å²) in [7, 11) is 0. The van der Waals surface area contributed by atoms with E-state index >= 15 is 0 Å². The molecule has 0 saturated carbocycles. The van der Waals surface area contributed by atoms with Gasteiger partial charge >= 0.3 is 0 Å². The topological polar surface area (TPSA) is 36.4 Å². The van der Waals surface area contributed by atoms with Crippen molar-refractivity contribution in [3.8, 4) is 11.1 Å². The average Bonchev–Trinajstić information content (AvgIpc) is 2.77. The van der Waals surface area contributed by atoms with Crippen LogP contribution in [0.1, 0.15) is 16.8 Å². The zero-order valence-corrected chi connectivity index (χ0v) is 18.0. The third-order valence-corrected chi connectivity index (χ3v) is 6.08. The second-order valence-electron chi connectivity index (χ2n) is 7.78. The van der Waals surface area contributed by atoms with Crippen LogP contribution in [0.2, 0.25) is 5.02 Å². The van der Waals surface area contributed by atoms with Crippen molar-refractivity contribution in [2.75, 3.05) is 26.2 Å². The van der Waals surface area contributed by atoms with Crippen LogP contribution in [0.3, 0.4) is 0 Å². The Bertz CT molecular complexity index is 1010. The van der Waals surface area contributed by atoms with Gasteiger partial charge < -0.3 is 4.90 Å². The van der Waals surface area contributed by atoms with Crippen LogP contribution in [-0.4, -0.2) is 46.9 Å². The Morgan fingerprint density at radius 2 is 1.77 bits per heavy atom. The molecule has 0 aliphatic carbocycles. The second-order valence-corrected chi connectivity index (χ2v) is 8.18. The Morgan fingerprint density at radius 3 is 2.50 bits per heavy atom. The summed E-state index contributed by atoms with van der Waals surface area (Å²) in [6.07, 6.45) is 2.11. The molecule has 4 rings (SSSR count). The highest BCUT2D eigenvalue weighted by molar-refractivity contribution is 6.31. The van der Waals surface area contributed by atoms with Gasteiger partial charge in [0.1, 0.15) is 0 Å². The molecule has 0 radical (unpaired) electrons. The van der Waals surface area contributed by atoms with E-state index in [2.05, 4.69) is 46.3 Å². The highest BCUT2D eigenvalue weighted by atomic mass is 35.5. The fourth-order valence-electron chi connectivity index (χ4n) is 3.87. The number of hydrogen-bond acceptors (Lipinski definition) is 3. The largest absolute Gasteiger partial charge is 0.340 e. The number of halogens is 1. The quantitative estimate of drug-likeness (QED) is 0.606. The van der Waals surface area contributed by atoms with E-state index in [9.17, 15) is 4.79 Å². The molecule has 0 atom stereocenters. The number of benzene rings is 2. The van der Waals surface area contributed by atoms with Gasteiger partial charge in [-0.25, -0.2) is 0 Å². The third kappa shape index (κ3) is 4.89. The summed E-state index contributed by atoms with van der Waals surface area (Å²) in [5.74, 6) is 0.156. The number of aryl methyl sites for hydroxylation is 1. The van der Waals surface area contributed by atoms with Crippen LogP contribution in [0.5, 0.6) is 0 Å². The van der Waals surface area contributed by atoms with Crippen molar-refractivity contribution in [1.29, 1.82) is 0 Å². The van der Waals surface area contributed by atoms with Gasteiger partial charge in [-0.2, -0.15) is 0 Å². The molecule has 1 amide bonds. The van der Waals surface area contributed by atoms with E-state index < -0.39 is 0 Å². The molecular formula is C25H26ClN3O. The highest BCUT2D eigenvalue weighted by Gasteiger charge is 2.22. The first-order valence-electron chi connectivity index (χ1n) is 10.3. The van der Waals surface area contributed by atoms with Crippen molar-refractivity contribution < 1.29 is 4.79 Å². The van der Waals surface area contributed by atoms with Crippen LogP contribution in [-0.2, 0) is 17.8 Å². The Hall–Kier alpha value is -2.69. The van der Waals surface area contributed by atoms with Crippen molar-refractivity contribution in [3.63, 3.8) is 0 Å². The lowest BCUT2D eigenvalue weighted by Crippen LogP contribution is -2.48. The number of amides is 1. The molecular weight excluding hydrogens is 394 g/mol. The smallest absolute Gasteiger partial charge is 0.228 e. The Balaban J connectivity index is 1.39. The third-order valence-electron chi connectivity index (χ3n) is 5.68. The van der Waals surface area contributed by atoms with E-state index in [-0.39, 0.29) is 5.91 Å². The van der Waals surface area contributed by atoms with E-state index in [1.165, 1.54) is 11.1 Å². The molecule has 1 saturated heterocycles. The fourth-order valence-corrected chi connectivity index (χ4v) is 4.05. The highest BCUT2D eigenvalue weighted by Crippen LogP contribution is 2.29. The van der Waals surface area contributed by atoms with Crippen molar-refractivity contribution in [2.24, 2.45) is 0 Å². The van der Waals surface area contributed by atoms with Gasteiger partial charge in [0.2, 0.25) is 5.91 Å². The van der Waals surface area contributed by atoms with Crippen LogP contribution in [0, 0.1) is 6.92 Å². The molecule has 154 valence electrons. The van der Waals surface area contributed by atoms with Gasteiger partial charge in [0, 0.05) is 49.6 Å². The lowest BCUT2D eigenvalue weighted by atomic mass is 9.98. The summed E-state index contributed by atoms with van der Waals surface area (Å²) in [4.78, 5) is 21.2. The van der Waals surface area contributed by atoms with E-state index in [1.807, 2.05) is 36.1 Å². The van der Waals surface area contributed by atoms with Crippen LogP contribution < -0.4 is 0 Å². The predicted octanol–water partition coefficient (Wildman–Crippen LogP) is 4.60. The summed E-state index contributed by atoms with van der Waals surface area (Å²) < 4.78 is 0. The standard InChI is InChI=1S/C25H26ClN3O/c1-19-9-10-20(16-24(19)26)23-8-3-2-6-21(23)18-28-12-14-29(15-13-28)25(30)17-22-7-4-5-11-27-22/h2-11,16H,12-15,17-18H2,1H3. The molecule has 2 heterocycles. The Labute approximate surface area is 183 Å². The summed E-state index contributed by atoms with van der Waals surface area (Å²) >= 11 is 6.36. The minimum Gasteiger partial charge on any atom is -0.340 e. The predicted molar refractivity (Wildman–Crippen MR) is 121 cm³/mol. The fraction of sp³-hybridized carbons (Fsp3) is 0.280. The van der Waals surface area contributed by atoms with Gasteiger partial charge in [-0.1, -0.05) is 54.1 Å². The number of hydrogen-bond donors (Lipinski definition) is 0. The summed E-state index contributed by atoms with van der Waals surface area (Å²) in [6, 6.07) is 20.4. The maximum Gasteiger partial charge on any atom is 0.228 e. The minimum atomic E-state index is 0.156. The SMILES string of the molecule is Cc1ccc(-c2ccccc2CN2CCN(C(=O)Cc3ccccn3)CC2)cc1Cl. The number of rotatable bonds is 5. The first-order valence-corrected chi connectivity index (χ1v) is 10.7. The van der Waals surface area contributed by atoms with E-state index in [0.717, 1.165) is 54.6 Å². The van der Waals surface area contributed by atoms with Crippen LogP contribution in [0.4, 0.5) is 0 Å². The van der Waals surface area contributed by atoms with Crippen LogP contribution in [0.15, 0.2) is 66.9 Å². The molecule has 1 aliphatic rings. The van der Waals surface area contributed by atoms with Crippen LogP contribution in [0.25, 0.3) is 11.1 Å². The monoisotopic (exact) mass is 419 g/mol. The molecule has 1 aromatic heterocycles. The van der Waals surface area contributed by atoms with Gasteiger partial charge in [-0.15, -0.1) is 0 Å². The molecule has 1 fully saturated rings. The normalized spacial score (nSPS) is 14.7. The molecule has 2 aromatic carbocycles. The zero-order valence-electron chi connectivity index (χ0n) is 17.2. The van der Waals surface area contributed by atoms with Crippen LogP contribution >= 0.6 is 11.6 Å². The zero-order chi connectivity index (χ0) is 20.9. The van der Waals surface area contributed by atoms with Crippen molar-refractivity contribution >= 4 is 17.5 Å². The first kappa shape index (κ1) is 20.6. The Kier molecular flexibility index (Phi) is 6.46. The van der Waals surface area contributed by atoms with Gasteiger partial charge in [0.05, 0.1) is 6.42 Å². The number of nitrogens with zero attached hydrogens (tertiary/aromatic N) is 3. The van der Waals surface area contributed by atoms with Crippen molar-refractivity contribution in [3.05, 3.63) is 88.7 Å². The van der Waals surface area contributed by atoms with Gasteiger partial charge in [-0.05, 0) is 47.4 Å². The number of aromatic nitrogens is 1. The van der Waals surface area contributed by atoms with E-state index in [0.29, 0.717) is 6.42 Å². The lowest BCUT2D eigenvalue weighted by Gasteiger charge is -2.35. The first-order chi connectivity index (χ1) is 14.6. The molecule has 0 bridgehead atoms.